The van der Waals surface area contributed by atoms with Crippen LogP contribution in [-0.2, 0) is 22.4 Å². The van der Waals surface area contributed by atoms with Gasteiger partial charge in [-0.1, -0.05) is 37.1 Å². The fraction of sp³-hybridized carbons (Fsp3) is 0.542. The van der Waals surface area contributed by atoms with Gasteiger partial charge in [-0.05, 0) is 74.0 Å². The number of fused-ring (bicyclic) bond motifs is 1. The van der Waals surface area contributed by atoms with Crippen LogP contribution in [0.4, 0.5) is 0 Å². The number of rotatable bonds is 4. The zero-order valence-electron chi connectivity index (χ0n) is 17.5. The van der Waals surface area contributed by atoms with Crippen molar-refractivity contribution in [1.29, 1.82) is 0 Å². The number of carbonyl (C=O) groups excluding carboxylic acids is 1. The van der Waals surface area contributed by atoms with Gasteiger partial charge >= 0.3 is 5.97 Å². The molecule has 1 aromatic rings. The summed E-state index contributed by atoms with van der Waals surface area (Å²) in [6.45, 7) is 11.3. The molecule has 4 heteroatoms. The van der Waals surface area contributed by atoms with Crippen molar-refractivity contribution in [2.24, 2.45) is 17.3 Å². The topological polar surface area (TPSA) is 66.8 Å². The minimum absolute atomic E-state index is 0.0222. The van der Waals surface area contributed by atoms with E-state index in [4.69, 9.17) is 0 Å². The molecule has 0 aromatic heterocycles. The molecule has 0 aliphatic heterocycles. The van der Waals surface area contributed by atoms with E-state index in [1.54, 1.807) is 11.6 Å². The van der Waals surface area contributed by atoms with Gasteiger partial charge in [0.2, 0.25) is 0 Å². The third-order valence-corrected chi connectivity index (χ3v) is 7.23. The minimum Gasteiger partial charge on any atom is -0.508 e. The van der Waals surface area contributed by atoms with E-state index in [1.165, 1.54) is 30.7 Å². The fourth-order valence-corrected chi connectivity index (χ4v) is 5.19. The first-order valence-electron chi connectivity index (χ1n) is 10.2. The van der Waals surface area contributed by atoms with Crippen molar-refractivity contribution in [2.75, 3.05) is 7.11 Å². The van der Waals surface area contributed by atoms with Crippen LogP contribution in [0.3, 0.4) is 0 Å². The van der Waals surface area contributed by atoms with E-state index in [1.807, 2.05) is 0 Å². The number of ether oxygens (including phenoxy) is 1. The summed E-state index contributed by atoms with van der Waals surface area (Å²) in [7, 11) is 1.31. The number of hydrogen-bond donors (Lipinski definition) is 2. The lowest BCUT2D eigenvalue weighted by atomic mass is 9.55. The van der Waals surface area contributed by atoms with Crippen LogP contribution in [0.2, 0.25) is 0 Å². The Morgan fingerprint density at radius 2 is 1.89 bits per heavy atom. The first kappa shape index (κ1) is 20.5. The van der Waals surface area contributed by atoms with Crippen molar-refractivity contribution in [3.63, 3.8) is 0 Å². The molecule has 0 radical (unpaired) electrons. The molecule has 152 valence electrons. The molecular weight excluding hydrogens is 352 g/mol. The Bertz CT molecular complexity index is 835. The zero-order valence-corrected chi connectivity index (χ0v) is 17.5. The van der Waals surface area contributed by atoms with Crippen LogP contribution in [0.1, 0.15) is 57.6 Å². The van der Waals surface area contributed by atoms with Crippen molar-refractivity contribution in [3.05, 3.63) is 46.6 Å². The summed E-state index contributed by atoms with van der Waals surface area (Å²) >= 11 is 0. The molecule has 4 nitrogen and oxygen atoms in total. The minimum atomic E-state index is -0.447. The predicted octanol–water partition coefficient (Wildman–Crippen LogP) is 5.07. The van der Waals surface area contributed by atoms with Gasteiger partial charge in [0.05, 0.1) is 13.5 Å². The van der Waals surface area contributed by atoms with E-state index in [-0.39, 0.29) is 29.3 Å². The Kier molecular flexibility index (Phi) is 5.60. The normalized spacial score (nSPS) is 27.5. The van der Waals surface area contributed by atoms with E-state index in [9.17, 15) is 15.0 Å². The van der Waals surface area contributed by atoms with Crippen molar-refractivity contribution in [1.82, 2.24) is 0 Å². The molecule has 0 spiro atoms. The molecule has 1 saturated carbocycles. The summed E-state index contributed by atoms with van der Waals surface area (Å²) in [5.74, 6) is 0.553. The van der Waals surface area contributed by atoms with E-state index in [0.29, 0.717) is 23.5 Å². The molecule has 2 unspecified atom stereocenters. The maximum Gasteiger partial charge on any atom is 0.310 e. The molecule has 28 heavy (non-hydrogen) atoms. The molecule has 2 aliphatic carbocycles. The summed E-state index contributed by atoms with van der Waals surface area (Å²) in [4.78, 5) is 11.5. The number of phenols is 2. The quantitative estimate of drug-likeness (QED) is 0.432. The third-order valence-electron chi connectivity index (χ3n) is 7.23. The Morgan fingerprint density at radius 3 is 2.57 bits per heavy atom. The molecule has 0 saturated heterocycles. The molecule has 2 N–H and O–H groups in total. The molecule has 0 amide bonds. The Balaban J connectivity index is 1.93. The predicted molar refractivity (Wildman–Crippen MR) is 110 cm³/mol. The smallest absolute Gasteiger partial charge is 0.310 e. The van der Waals surface area contributed by atoms with Gasteiger partial charge in [0, 0.05) is 5.56 Å². The lowest BCUT2D eigenvalue weighted by molar-refractivity contribution is -0.139. The molecule has 3 atom stereocenters. The van der Waals surface area contributed by atoms with E-state index in [2.05, 4.69) is 32.1 Å². The highest BCUT2D eigenvalue weighted by atomic mass is 16.5. The van der Waals surface area contributed by atoms with Gasteiger partial charge in [-0.15, -0.1) is 0 Å². The molecule has 3 rings (SSSR count). The first-order valence-corrected chi connectivity index (χ1v) is 10.2. The number of methoxy groups -OCH3 is 1. The van der Waals surface area contributed by atoms with Gasteiger partial charge in [0.25, 0.3) is 0 Å². The van der Waals surface area contributed by atoms with E-state index in [0.717, 1.165) is 19.3 Å². The molecule has 1 fully saturated rings. The highest BCUT2D eigenvalue weighted by Crippen LogP contribution is 2.56. The highest BCUT2D eigenvalue weighted by Gasteiger charge is 2.45. The lowest BCUT2D eigenvalue weighted by Gasteiger charge is -2.50. The summed E-state index contributed by atoms with van der Waals surface area (Å²) in [5, 5.41) is 21.0. The third kappa shape index (κ3) is 3.57. The maximum atomic E-state index is 11.5. The second kappa shape index (κ2) is 7.65. The van der Waals surface area contributed by atoms with Crippen LogP contribution in [0, 0.1) is 17.3 Å². The van der Waals surface area contributed by atoms with Crippen molar-refractivity contribution >= 4 is 5.97 Å². The average Bonchev–Trinajstić information content (AvgIpc) is 2.65. The van der Waals surface area contributed by atoms with Crippen molar-refractivity contribution in [2.45, 2.75) is 59.3 Å². The summed E-state index contributed by atoms with van der Waals surface area (Å²) in [5.41, 5.74) is 5.45. The van der Waals surface area contributed by atoms with Gasteiger partial charge in [0.1, 0.15) is 11.5 Å². The Morgan fingerprint density at radius 1 is 1.25 bits per heavy atom. The molecule has 1 aromatic carbocycles. The second-order valence-electron chi connectivity index (χ2n) is 8.80. The van der Waals surface area contributed by atoms with Gasteiger partial charge in [-0.2, -0.15) is 0 Å². The lowest BCUT2D eigenvalue weighted by Crippen LogP contribution is -2.39. The summed E-state index contributed by atoms with van der Waals surface area (Å²) in [6, 6.07) is 3.08. The van der Waals surface area contributed by atoms with Crippen molar-refractivity contribution in [3.8, 4) is 11.5 Å². The number of carbonyl (C=O) groups is 1. The van der Waals surface area contributed by atoms with E-state index < -0.39 is 5.97 Å². The monoisotopic (exact) mass is 384 g/mol. The van der Waals surface area contributed by atoms with Crippen LogP contribution in [0.15, 0.2) is 35.4 Å². The Hall–Kier alpha value is -2.23. The number of phenolic OH excluding ortho intramolecular Hbond substituents is 2. The average molecular weight is 385 g/mol. The highest BCUT2D eigenvalue weighted by molar-refractivity contribution is 5.73. The van der Waals surface area contributed by atoms with Gasteiger partial charge in [0.15, 0.2) is 0 Å². The molecular formula is C24H32O4. The fourth-order valence-electron chi connectivity index (χ4n) is 5.19. The van der Waals surface area contributed by atoms with Gasteiger partial charge in [-0.3, -0.25) is 4.79 Å². The molecule has 0 heterocycles. The van der Waals surface area contributed by atoms with Gasteiger partial charge in [-0.25, -0.2) is 0 Å². The van der Waals surface area contributed by atoms with Crippen molar-refractivity contribution < 1.29 is 19.7 Å². The largest absolute Gasteiger partial charge is 0.508 e. The number of aromatic hydroxyl groups is 2. The second-order valence-corrected chi connectivity index (χ2v) is 8.80. The standard InChI is InChI=1S/C24H32O4/c1-14-8-9-24(4)19(16(14)3)7-6-15(2)20(24)10-17-11-22(26)18(12-21(17)25)13-23(27)28-5/h11-12,14,20,25-26H,2,6-10,13H2,1,3-5H3/t14?,20?,24-/m0/s1. The van der Waals surface area contributed by atoms with Gasteiger partial charge < -0.3 is 14.9 Å². The Labute approximate surface area is 167 Å². The SMILES string of the molecule is C=C1CCC2=C(C)C(C)CC[C@]2(C)C1Cc1cc(O)c(CC(=O)OC)cc1O. The maximum absolute atomic E-state index is 11.5. The van der Waals surface area contributed by atoms with E-state index >= 15 is 0 Å². The molecule has 2 aliphatic rings. The zero-order chi connectivity index (χ0) is 20.6. The van der Waals surface area contributed by atoms with Crippen LogP contribution in [0.25, 0.3) is 0 Å². The number of allylic oxidation sites excluding steroid dienone is 3. The van der Waals surface area contributed by atoms with Crippen LogP contribution < -0.4 is 0 Å². The summed E-state index contributed by atoms with van der Waals surface area (Å²) in [6.07, 6.45) is 4.93. The number of hydrogen-bond acceptors (Lipinski definition) is 4. The first-order chi connectivity index (χ1) is 13.2. The molecule has 0 bridgehead atoms. The van der Waals surface area contributed by atoms with Crippen LogP contribution >= 0.6 is 0 Å². The van der Waals surface area contributed by atoms with Crippen LogP contribution in [0.5, 0.6) is 11.5 Å². The van der Waals surface area contributed by atoms with Crippen LogP contribution in [-0.4, -0.2) is 23.3 Å². The number of esters is 1. The summed E-state index contributed by atoms with van der Waals surface area (Å²) < 4.78 is 4.66. The number of benzene rings is 1.